The predicted octanol–water partition coefficient (Wildman–Crippen LogP) is 2.98. The lowest BCUT2D eigenvalue weighted by atomic mass is 10.2. The zero-order valence-electron chi connectivity index (χ0n) is 16.0. The molecule has 0 radical (unpaired) electrons. The Morgan fingerprint density at radius 1 is 1.17 bits per heavy atom. The number of aromatic nitrogens is 3. The predicted molar refractivity (Wildman–Crippen MR) is 106 cm³/mol. The summed E-state index contributed by atoms with van der Waals surface area (Å²) < 4.78 is 13.4. The first-order valence-electron chi connectivity index (χ1n) is 9.88. The molecule has 3 aromatic rings. The molecule has 7 nitrogen and oxygen atoms in total. The van der Waals surface area contributed by atoms with Crippen molar-refractivity contribution < 1.29 is 14.3 Å². The van der Waals surface area contributed by atoms with Crippen LogP contribution in [0.25, 0.3) is 5.69 Å². The van der Waals surface area contributed by atoms with Gasteiger partial charge in [-0.2, -0.15) is 5.10 Å². The van der Waals surface area contributed by atoms with Crippen LogP contribution < -0.4 is 4.74 Å². The van der Waals surface area contributed by atoms with Gasteiger partial charge in [0.2, 0.25) is 0 Å². The fourth-order valence-corrected chi connectivity index (χ4v) is 3.85. The van der Waals surface area contributed by atoms with Crippen LogP contribution in [-0.2, 0) is 17.8 Å². The minimum absolute atomic E-state index is 0.0356. The molecule has 2 aliphatic heterocycles. The Kier molecular flexibility index (Phi) is 4.73. The third-order valence-corrected chi connectivity index (χ3v) is 5.36. The van der Waals surface area contributed by atoms with Gasteiger partial charge < -0.3 is 14.4 Å². The quantitative estimate of drug-likeness (QED) is 0.647. The highest BCUT2D eigenvalue weighted by Gasteiger charge is 2.32. The normalized spacial score (nSPS) is 18.3. The number of rotatable bonds is 6. The number of ether oxygens (including phenoxy) is 2. The molecule has 148 valence electrons. The number of fused-ring (bicyclic) bond motifs is 1. The minimum Gasteiger partial charge on any atom is -0.490 e. The molecule has 0 aliphatic carbocycles. The van der Waals surface area contributed by atoms with E-state index in [9.17, 15) is 4.79 Å². The van der Waals surface area contributed by atoms with E-state index < -0.39 is 0 Å². The fourth-order valence-electron chi connectivity index (χ4n) is 3.85. The van der Waals surface area contributed by atoms with Gasteiger partial charge in [0.05, 0.1) is 24.0 Å². The van der Waals surface area contributed by atoms with E-state index in [0.29, 0.717) is 31.0 Å². The first-order chi connectivity index (χ1) is 14.3. The van der Waals surface area contributed by atoms with Crippen LogP contribution in [0, 0.1) is 0 Å². The molecule has 7 heteroatoms. The zero-order chi connectivity index (χ0) is 19.6. The van der Waals surface area contributed by atoms with E-state index in [0.717, 1.165) is 36.4 Å². The van der Waals surface area contributed by atoms with Gasteiger partial charge in [-0.05, 0) is 42.7 Å². The summed E-state index contributed by atoms with van der Waals surface area (Å²) in [6.45, 7) is 2.28. The number of carbonyl (C=O) groups is 1. The van der Waals surface area contributed by atoms with Crippen LogP contribution in [0.5, 0.6) is 5.75 Å². The molecule has 29 heavy (non-hydrogen) atoms. The molecule has 0 spiro atoms. The van der Waals surface area contributed by atoms with E-state index in [-0.39, 0.29) is 12.0 Å². The molecule has 1 aromatic carbocycles. The summed E-state index contributed by atoms with van der Waals surface area (Å²) in [6.07, 6.45) is 7.54. The SMILES string of the molecule is O=C1c2c(OCC3CCCO3)ccnc2CN1Cc1ccc(-n2cccn2)cc1. The Bertz CT molecular complexity index is 995. The van der Waals surface area contributed by atoms with Crippen LogP contribution in [-0.4, -0.2) is 44.9 Å². The van der Waals surface area contributed by atoms with Crippen LogP contribution in [0.15, 0.2) is 55.0 Å². The molecule has 1 amide bonds. The van der Waals surface area contributed by atoms with Crippen LogP contribution in [0.1, 0.15) is 34.5 Å². The maximum absolute atomic E-state index is 13.0. The number of nitrogens with zero attached hydrogens (tertiary/aromatic N) is 4. The lowest BCUT2D eigenvalue weighted by molar-refractivity contribution is 0.0659. The number of pyridine rings is 1. The highest BCUT2D eigenvalue weighted by atomic mass is 16.5. The molecule has 0 bridgehead atoms. The largest absolute Gasteiger partial charge is 0.490 e. The standard InChI is InChI=1S/C22H22N4O3/c27-22-21-19(23-10-8-20(21)29-15-18-3-1-12-28-18)14-25(22)13-16-4-6-17(7-5-16)26-11-2-9-24-26/h2,4-11,18H,1,3,12-15H2. The number of hydrogen-bond donors (Lipinski definition) is 0. The van der Waals surface area contributed by atoms with Gasteiger partial charge in [0, 0.05) is 31.7 Å². The fraction of sp³-hybridized carbons (Fsp3) is 0.318. The van der Waals surface area contributed by atoms with E-state index >= 15 is 0 Å². The van der Waals surface area contributed by atoms with E-state index in [1.165, 1.54) is 0 Å². The lowest BCUT2D eigenvalue weighted by Crippen LogP contribution is -2.24. The maximum atomic E-state index is 13.0. The van der Waals surface area contributed by atoms with E-state index in [1.54, 1.807) is 23.4 Å². The van der Waals surface area contributed by atoms with Crippen molar-refractivity contribution >= 4 is 5.91 Å². The molecule has 2 aliphatic rings. The van der Waals surface area contributed by atoms with E-state index in [2.05, 4.69) is 10.1 Å². The van der Waals surface area contributed by atoms with Crippen LogP contribution >= 0.6 is 0 Å². The highest BCUT2D eigenvalue weighted by molar-refractivity contribution is 6.00. The molecule has 1 atom stereocenters. The summed E-state index contributed by atoms with van der Waals surface area (Å²) >= 11 is 0. The van der Waals surface area contributed by atoms with Crippen molar-refractivity contribution in [3.05, 3.63) is 71.8 Å². The second kappa shape index (κ2) is 7.67. The Morgan fingerprint density at radius 3 is 2.83 bits per heavy atom. The maximum Gasteiger partial charge on any atom is 0.260 e. The minimum atomic E-state index is -0.0356. The van der Waals surface area contributed by atoms with Crippen molar-refractivity contribution in [1.82, 2.24) is 19.7 Å². The lowest BCUT2D eigenvalue weighted by Gasteiger charge is -2.16. The van der Waals surface area contributed by atoms with Crippen molar-refractivity contribution in [2.24, 2.45) is 0 Å². The van der Waals surface area contributed by atoms with Crippen molar-refractivity contribution in [2.75, 3.05) is 13.2 Å². The molecular formula is C22H22N4O3. The molecule has 2 aromatic heterocycles. The van der Waals surface area contributed by atoms with Crippen molar-refractivity contribution in [3.63, 3.8) is 0 Å². The van der Waals surface area contributed by atoms with Gasteiger partial charge in [-0.15, -0.1) is 0 Å². The number of hydrogen-bond acceptors (Lipinski definition) is 5. The van der Waals surface area contributed by atoms with Gasteiger partial charge in [0.1, 0.15) is 17.9 Å². The highest BCUT2D eigenvalue weighted by Crippen LogP contribution is 2.31. The van der Waals surface area contributed by atoms with Crippen LogP contribution in [0.2, 0.25) is 0 Å². The third kappa shape index (κ3) is 3.61. The Balaban J connectivity index is 1.28. The second-order valence-electron chi connectivity index (χ2n) is 7.36. The van der Waals surface area contributed by atoms with Gasteiger partial charge >= 0.3 is 0 Å². The molecule has 0 saturated carbocycles. The monoisotopic (exact) mass is 390 g/mol. The topological polar surface area (TPSA) is 69.5 Å². The molecule has 1 unspecified atom stereocenters. The van der Waals surface area contributed by atoms with Crippen molar-refractivity contribution in [1.29, 1.82) is 0 Å². The van der Waals surface area contributed by atoms with Gasteiger partial charge in [0.15, 0.2) is 0 Å². The average molecular weight is 390 g/mol. The summed E-state index contributed by atoms with van der Waals surface area (Å²) in [6, 6.07) is 11.7. The van der Waals surface area contributed by atoms with Gasteiger partial charge in [-0.1, -0.05) is 12.1 Å². The summed E-state index contributed by atoms with van der Waals surface area (Å²) in [5.74, 6) is 0.568. The molecule has 1 saturated heterocycles. The van der Waals surface area contributed by atoms with E-state index in [4.69, 9.17) is 9.47 Å². The molecule has 5 rings (SSSR count). The first kappa shape index (κ1) is 17.9. The average Bonchev–Trinajstić information content (AvgIpc) is 3.50. The van der Waals surface area contributed by atoms with Crippen LogP contribution in [0.4, 0.5) is 0 Å². The summed E-state index contributed by atoms with van der Waals surface area (Å²) in [7, 11) is 0. The van der Waals surface area contributed by atoms with Crippen LogP contribution in [0.3, 0.4) is 0 Å². The number of benzene rings is 1. The first-order valence-corrected chi connectivity index (χ1v) is 9.88. The Labute approximate surface area is 168 Å². The molecule has 4 heterocycles. The Morgan fingerprint density at radius 2 is 2.07 bits per heavy atom. The number of carbonyl (C=O) groups excluding carboxylic acids is 1. The third-order valence-electron chi connectivity index (χ3n) is 5.36. The molecular weight excluding hydrogens is 368 g/mol. The number of amides is 1. The van der Waals surface area contributed by atoms with Gasteiger partial charge in [-0.25, -0.2) is 4.68 Å². The molecule has 0 N–H and O–H groups in total. The summed E-state index contributed by atoms with van der Waals surface area (Å²) in [5.41, 5.74) is 3.40. The molecule has 1 fully saturated rings. The van der Waals surface area contributed by atoms with E-state index in [1.807, 2.05) is 41.2 Å². The van der Waals surface area contributed by atoms with Crippen molar-refractivity contribution in [2.45, 2.75) is 32.0 Å². The van der Waals surface area contributed by atoms with Gasteiger partial charge in [-0.3, -0.25) is 9.78 Å². The second-order valence-corrected chi connectivity index (χ2v) is 7.36. The Hall–Kier alpha value is -3.19. The van der Waals surface area contributed by atoms with Crippen molar-refractivity contribution in [3.8, 4) is 11.4 Å². The van der Waals surface area contributed by atoms with Gasteiger partial charge in [0.25, 0.3) is 5.91 Å². The smallest absolute Gasteiger partial charge is 0.260 e. The summed E-state index contributed by atoms with van der Waals surface area (Å²) in [4.78, 5) is 19.2. The summed E-state index contributed by atoms with van der Waals surface area (Å²) in [5, 5.41) is 4.24. The zero-order valence-corrected chi connectivity index (χ0v) is 16.0.